The number of hydrogen-bond acceptors (Lipinski definition) is 4. The first-order valence-electron chi connectivity index (χ1n) is 10.2. The molecule has 0 saturated carbocycles. The Morgan fingerprint density at radius 1 is 0.871 bits per heavy atom. The smallest absolute Gasteiger partial charge is 0.272 e. The van der Waals surface area contributed by atoms with Gasteiger partial charge < -0.3 is 9.80 Å². The van der Waals surface area contributed by atoms with Gasteiger partial charge in [0.05, 0.1) is 10.6 Å². The Labute approximate surface area is 190 Å². The van der Waals surface area contributed by atoms with Gasteiger partial charge >= 0.3 is 0 Å². The summed E-state index contributed by atoms with van der Waals surface area (Å²) in [6, 6.07) is 23.6. The lowest BCUT2D eigenvalue weighted by atomic mass is 10.2. The fourth-order valence-electron chi connectivity index (χ4n) is 3.85. The number of halogens is 1. The first kappa shape index (κ1) is 19.8. The summed E-state index contributed by atoms with van der Waals surface area (Å²) < 4.78 is 1.76. The molecule has 1 amide bonds. The molecule has 7 heteroatoms. The third-order valence-electron chi connectivity index (χ3n) is 5.44. The van der Waals surface area contributed by atoms with Crippen LogP contribution in [0.3, 0.4) is 0 Å². The zero-order chi connectivity index (χ0) is 21.2. The predicted octanol–water partition coefficient (Wildman–Crippen LogP) is 5.22. The van der Waals surface area contributed by atoms with E-state index in [0.29, 0.717) is 18.8 Å². The Hall–Kier alpha value is -3.09. The van der Waals surface area contributed by atoms with Gasteiger partial charge in [0, 0.05) is 36.9 Å². The van der Waals surface area contributed by atoms with Crippen molar-refractivity contribution in [3.63, 3.8) is 0 Å². The highest BCUT2D eigenvalue weighted by Crippen LogP contribution is 2.27. The first-order valence-corrected chi connectivity index (χ1v) is 11.4. The van der Waals surface area contributed by atoms with Crippen LogP contribution in [0.25, 0.3) is 16.3 Å². The van der Waals surface area contributed by atoms with Gasteiger partial charge in [-0.05, 0) is 47.8 Å². The normalized spacial score (nSPS) is 14.1. The molecule has 2 aromatic carbocycles. The van der Waals surface area contributed by atoms with Crippen LogP contribution in [0.4, 0.5) is 5.69 Å². The third-order valence-corrected chi connectivity index (χ3v) is 6.57. The lowest BCUT2D eigenvalue weighted by Gasteiger charge is -2.36. The van der Waals surface area contributed by atoms with E-state index in [4.69, 9.17) is 16.7 Å². The molecule has 0 aliphatic carbocycles. The Morgan fingerprint density at radius 3 is 2.35 bits per heavy atom. The SMILES string of the molecule is O=C(c1cc(-c2cccs2)nn1-c1ccccc1)N1CCN(c2cccc(Cl)c2)CC1. The number of anilines is 1. The molecular weight excluding hydrogens is 428 g/mol. The zero-order valence-electron chi connectivity index (χ0n) is 16.8. The molecule has 5 rings (SSSR count). The molecule has 0 atom stereocenters. The van der Waals surface area contributed by atoms with Gasteiger partial charge in [-0.1, -0.05) is 41.9 Å². The molecular formula is C24H21ClN4OS. The molecule has 2 aromatic heterocycles. The van der Waals surface area contributed by atoms with E-state index in [-0.39, 0.29) is 5.91 Å². The summed E-state index contributed by atoms with van der Waals surface area (Å²) in [4.78, 5) is 18.7. The number of hydrogen-bond donors (Lipinski definition) is 0. The van der Waals surface area contributed by atoms with Crippen LogP contribution in [-0.4, -0.2) is 46.8 Å². The lowest BCUT2D eigenvalue weighted by Crippen LogP contribution is -2.49. The average Bonchev–Trinajstić information content (AvgIpc) is 3.49. The third kappa shape index (κ3) is 4.09. The molecule has 0 radical (unpaired) electrons. The van der Waals surface area contributed by atoms with Gasteiger partial charge in [0.1, 0.15) is 11.4 Å². The van der Waals surface area contributed by atoms with Crippen LogP contribution in [0.1, 0.15) is 10.5 Å². The number of para-hydroxylation sites is 1. The van der Waals surface area contributed by atoms with Crippen molar-refractivity contribution in [1.82, 2.24) is 14.7 Å². The van der Waals surface area contributed by atoms with Crippen LogP contribution < -0.4 is 4.90 Å². The highest BCUT2D eigenvalue weighted by atomic mass is 35.5. The van der Waals surface area contributed by atoms with Crippen molar-refractivity contribution in [2.75, 3.05) is 31.1 Å². The fraction of sp³-hybridized carbons (Fsp3) is 0.167. The number of aromatic nitrogens is 2. The maximum Gasteiger partial charge on any atom is 0.272 e. The minimum absolute atomic E-state index is 0.00454. The highest BCUT2D eigenvalue weighted by molar-refractivity contribution is 7.13. The minimum Gasteiger partial charge on any atom is -0.368 e. The van der Waals surface area contributed by atoms with E-state index in [1.54, 1.807) is 16.0 Å². The molecule has 0 spiro atoms. The van der Waals surface area contributed by atoms with Gasteiger partial charge in [0.2, 0.25) is 0 Å². The summed E-state index contributed by atoms with van der Waals surface area (Å²) in [5.41, 5.74) is 3.38. The van der Waals surface area contributed by atoms with Gasteiger partial charge in [-0.3, -0.25) is 4.79 Å². The van der Waals surface area contributed by atoms with Gasteiger partial charge in [-0.25, -0.2) is 4.68 Å². The summed E-state index contributed by atoms with van der Waals surface area (Å²) in [6.07, 6.45) is 0. The number of piperazine rings is 1. The molecule has 5 nitrogen and oxygen atoms in total. The van der Waals surface area contributed by atoms with Crippen LogP contribution in [-0.2, 0) is 0 Å². The number of thiophene rings is 1. The molecule has 3 heterocycles. The predicted molar refractivity (Wildman–Crippen MR) is 126 cm³/mol. The van der Waals surface area contributed by atoms with E-state index in [0.717, 1.165) is 40.1 Å². The molecule has 0 N–H and O–H groups in total. The zero-order valence-corrected chi connectivity index (χ0v) is 18.4. The van der Waals surface area contributed by atoms with E-state index < -0.39 is 0 Å². The second-order valence-electron chi connectivity index (χ2n) is 7.40. The van der Waals surface area contributed by atoms with Gasteiger partial charge in [0.25, 0.3) is 5.91 Å². The minimum atomic E-state index is 0.00454. The van der Waals surface area contributed by atoms with E-state index in [1.165, 1.54) is 0 Å². The van der Waals surface area contributed by atoms with Crippen molar-refractivity contribution in [3.8, 4) is 16.3 Å². The quantitative estimate of drug-likeness (QED) is 0.430. The largest absolute Gasteiger partial charge is 0.368 e. The van der Waals surface area contributed by atoms with Crippen molar-refractivity contribution in [3.05, 3.63) is 88.9 Å². The molecule has 156 valence electrons. The maximum atomic E-state index is 13.5. The molecule has 1 saturated heterocycles. The highest BCUT2D eigenvalue weighted by Gasteiger charge is 2.26. The number of nitrogens with zero attached hydrogens (tertiary/aromatic N) is 4. The van der Waals surface area contributed by atoms with Crippen molar-refractivity contribution in [1.29, 1.82) is 0 Å². The molecule has 1 aliphatic heterocycles. The van der Waals surface area contributed by atoms with Crippen LogP contribution in [0.2, 0.25) is 5.02 Å². The molecule has 4 aromatic rings. The van der Waals surface area contributed by atoms with Gasteiger partial charge in [-0.2, -0.15) is 5.10 Å². The lowest BCUT2D eigenvalue weighted by molar-refractivity contribution is 0.0737. The Balaban J connectivity index is 1.40. The fourth-order valence-corrected chi connectivity index (χ4v) is 4.71. The van der Waals surface area contributed by atoms with Crippen molar-refractivity contribution in [2.45, 2.75) is 0 Å². The Morgan fingerprint density at radius 2 is 1.65 bits per heavy atom. The molecule has 1 fully saturated rings. The van der Waals surface area contributed by atoms with Crippen molar-refractivity contribution in [2.24, 2.45) is 0 Å². The summed E-state index contributed by atoms with van der Waals surface area (Å²) in [6.45, 7) is 2.84. The summed E-state index contributed by atoms with van der Waals surface area (Å²) >= 11 is 7.76. The summed E-state index contributed by atoms with van der Waals surface area (Å²) in [7, 11) is 0. The summed E-state index contributed by atoms with van der Waals surface area (Å²) in [5.74, 6) is 0.00454. The van der Waals surface area contributed by atoms with Crippen LogP contribution in [0.5, 0.6) is 0 Å². The topological polar surface area (TPSA) is 41.4 Å². The van der Waals surface area contributed by atoms with E-state index in [9.17, 15) is 4.79 Å². The second kappa shape index (κ2) is 8.57. The Kier molecular flexibility index (Phi) is 5.49. The summed E-state index contributed by atoms with van der Waals surface area (Å²) in [5, 5.41) is 7.51. The van der Waals surface area contributed by atoms with Crippen LogP contribution in [0.15, 0.2) is 78.2 Å². The monoisotopic (exact) mass is 448 g/mol. The first-order chi connectivity index (χ1) is 15.2. The van der Waals surface area contributed by atoms with Crippen LogP contribution >= 0.6 is 22.9 Å². The molecule has 0 unspecified atom stereocenters. The second-order valence-corrected chi connectivity index (χ2v) is 8.78. The van der Waals surface area contributed by atoms with Crippen molar-refractivity contribution < 1.29 is 4.79 Å². The van der Waals surface area contributed by atoms with Gasteiger partial charge in [-0.15, -0.1) is 11.3 Å². The number of carbonyl (C=O) groups is 1. The number of amides is 1. The number of carbonyl (C=O) groups excluding carboxylic acids is 1. The van der Waals surface area contributed by atoms with E-state index in [1.807, 2.05) is 77.0 Å². The average molecular weight is 449 g/mol. The molecule has 1 aliphatic rings. The van der Waals surface area contributed by atoms with Crippen molar-refractivity contribution >= 4 is 34.5 Å². The standard InChI is InChI=1S/C24H21ClN4OS/c25-18-6-4-9-20(16-18)27-11-13-28(14-12-27)24(30)22-17-21(23-10-5-15-31-23)26-29(22)19-7-2-1-3-8-19/h1-10,15-17H,11-14H2. The number of rotatable bonds is 4. The van der Waals surface area contributed by atoms with Crippen LogP contribution in [0, 0.1) is 0 Å². The Bertz CT molecular complexity index is 1180. The maximum absolute atomic E-state index is 13.5. The molecule has 31 heavy (non-hydrogen) atoms. The number of benzene rings is 2. The molecule has 0 bridgehead atoms. The van der Waals surface area contributed by atoms with E-state index in [2.05, 4.69) is 11.0 Å². The van der Waals surface area contributed by atoms with E-state index >= 15 is 0 Å². The van der Waals surface area contributed by atoms with Gasteiger partial charge in [0.15, 0.2) is 0 Å².